The molecule has 0 amide bonds. The van der Waals surface area contributed by atoms with Crippen molar-refractivity contribution < 1.29 is 0 Å². The average Bonchev–Trinajstić information content (AvgIpc) is 1.99. The van der Waals surface area contributed by atoms with Gasteiger partial charge in [0.2, 0.25) is 0 Å². The summed E-state index contributed by atoms with van der Waals surface area (Å²) in [5.41, 5.74) is 7.08. The molecule has 0 heterocycles. The second-order valence-corrected chi connectivity index (χ2v) is 3.67. The second kappa shape index (κ2) is 3.91. The van der Waals surface area contributed by atoms with Gasteiger partial charge in [-0.3, -0.25) is 0 Å². The summed E-state index contributed by atoms with van der Waals surface area (Å²) in [7, 11) is 0. The third kappa shape index (κ3) is 2.06. The number of hydrogen-bond donors (Lipinski definition) is 1. The van der Waals surface area contributed by atoms with E-state index in [-0.39, 0.29) is 0 Å². The fourth-order valence-corrected chi connectivity index (χ4v) is 1.91. The normalized spacial score (nSPS) is 36.1. The van der Waals surface area contributed by atoms with Crippen LogP contribution in [0.2, 0.25) is 0 Å². The molecule has 0 radical (unpaired) electrons. The minimum atomic E-state index is 0.715. The highest BCUT2D eigenvalue weighted by molar-refractivity contribution is 5.09. The lowest BCUT2D eigenvalue weighted by molar-refractivity contribution is 0.349. The SMILES string of the molecule is CC1CCC/C(=C\CN)C1C. The maximum atomic E-state index is 5.49. The van der Waals surface area contributed by atoms with Crippen LogP contribution < -0.4 is 5.73 Å². The molecule has 0 aromatic heterocycles. The fourth-order valence-electron chi connectivity index (χ4n) is 1.91. The molecule has 1 aliphatic carbocycles. The van der Waals surface area contributed by atoms with Crippen molar-refractivity contribution in [2.75, 3.05) is 6.54 Å². The van der Waals surface area contributed by atoms with Gasteiger partial charge in [-0.2, -0.15) is 0 Å². The van der Waals surface area contributed by atoms with Crippen molar-refractivity contribution >= 4 is 0 Å². The molecule has 0 aromatic carbocycles. The molecule has 1 saturated carbocycles. The fraction of sp³-hybridized carbons (Fsp3) is 0.800. The summed E-state index contributed by atoms with van der Waals surface area (Å²) < 4.78 is 0. The summed E-state index contributed by atoms with van der Waals surface area (Å²) in [5, 5.41) is 0. The average molecular weight is 153 g/mol. The van der Waals surface area contributed by atoms with E-state index in [1.54, 1.807) is 5.57 Å². The van der Waals surface area contributed by atoms with Crippen molar-refractivity contribution in [3.05, 3.63) is 11.6 Å². The quantitative estimate of drug-likeness (QED) is 0.575. The van der Waals surface area contributed by atoms with Gasteiger partial charge in [0.1, 0.15) is 0 Å². The summed E-state index contributed by atoms with van der Waals surface area (Å²) in [5.74, 6) is 1.63. The summed E-state index contributed by atoms with van der Waals surface area (Å²) in [6.07, 6.45) is 6.24. The lowest BCUT2D eigenvalue weighted by atomic mass is 9.78. The molecule has 1 rings (SSSR count). The van der Waals surface area contributed by atoms with Crippen LogP contribution in [0.5, 0.6) is 0 Å². The molecule has 1 heteroatoms. The topological polar surface area (TPSA) is 26.0 Å². The molecule has 2 atom stereocenters. The molecule has 0 bridgehead atoms. The van der Waals surface area contributed by atoms with Crippen molar-refractivity contribution in [2.45, 2.75) is 33.1 Å². The maximum Gasteiger partial charge on any atom is 0.0109 e. The third-order valence-corrected chi connectivity index (χ3v) is 2.94. The van der Waals surface area contributed by atoms with Crippen molar-refractivity contribution in [3.8, 4) is 0 Å². The first-order valence-electron chi connectivity index (χ1n) is 4.64. The predicted molar refractivity (Wildman–Crippen MR) is 49.3 cm³/mol. The Bertz CT molecular complexity index is 149. The van der Waals surface area contributed by atoms with Gasteiger partial charge in [0.15, 0.2) is 0 Å². The summed E-state index contributed by atoms with van der Waals surface area (Å²) >= 11 is 0. The lowest BCUT2D eigenvalue weighted by Crippen LogP contribution is -2.17. The van der Waals surface area contributed by atoms with Crippen LogP contribution in [-0.2, 0) is 0 Å². The molecule has 2 N–H and O–H groups in total. The van der Waals surface area contributed by atoms with E-state index in [9.17, 15) is 0 Å². The Kier molecular flexibility index (Phi) is 3.13. The van der Waals surface area contributed by atoms with E-state index in [2.05, 4.69) is 19.9 Å². The summed E-state index contributed by atoms with van der Waals surface area (Å²) in [6, 6.07) is 0. The Hall–Kier alpha value is -0.300. The predicted octanol–water partition coefficient (Wildman–Crippen LogP) is 2.33. The van der Waals surface area contributed by atoms with Crippen LogP contribution in [0.1, 0.15) is 33.1 Å². The maximum absolute atomic E-state index is 5.49. The van der Waals surface area contributed by atoms with Gasteiger partial charge in [-0.15, -0.1) is 0 Å². The highest BCUT2D eigenvalue weighted by atomic mass is 14.5. The number of allylic oxidation sites excluding steroid dienone is 1. The van der Waals surface area contributed by atoms with E-state index in [4.69, 9.17) is 5.73 Å². The van der Waals surface area contributed by atoms with E-state index < -0.39 is 0 Å². The van der Waals surface area contributed by atoms with Gasteiger partial charge in [0.05, 0.1) is 0 Å². The van der Waals surface area contributed by atoms with Crippen molar-refractivity contribution in [1.82, 2.24) is 0 Å². The highest BCUT2D eigenvalue weighted by Gasteiger charge is 2.20. The van der Waals surface area contributed by atoms with E-state index in [0.717, 1.165) is 11.8 Å². The van der Waals surface area contributed by atoms with Gasteiger partial charge in [0.25, 0.3) is 0 Å². The minimum Gasteiger partial charge on any atom is -0.327 e. The van der Waals surface area contributed by atoms with E-state index in [1.807, 2.05) is 0 Å². The van der Waals surface area contributed by atoms with Crippen LogP contribution in [0.25, 0.3) is 0 Å². The van der Waals surface area contributed by atoms with Crippen LogP contribution in [-0.4, -0.2) is 6.54 Å². The first-order chi connectivity index (χ1) is 5.25. The third-order valence-electron chi connectivity index (χ3n) is 2.94. The summed E-state index contributed by atoms with van der Waals surface area (Å²) in [6.45, 7) is 5.38. The molecule has 64 valence electrons. The Labute approximate surface area is 69.7 Å². The van der Waals surface area contributed by atoms with Crippen LogP contribution >= 0.6 is 0 Å². The molecular formula is C10H19N. The van der Waals surface area contributed by atoms with Crippen LogP contribution in [0, 0.1) is 11.8 Å². The van der Waals surface area contributed by atoms with Crippen LogP contribution in [0.3, 0.4) is 0 Å². The molecule has 1 fully saturated rings. The van der Waals surface area contributed by atoms with Crippen molar-refractivity contribution in [3.63, 3.8) is 0 Å². The van der Waals surface area contributed by atoms with Crippen LogP contribution in [0.4, 0.5) is 0 Å². The number of rotatable bonds is 1. The number of nitrogens with two attached hydrogens (primary N) is 1. The van der Waals surface area contributed by atoms with Gasteiger partial charge >= 0.3 is 0 Å². The molecule has 0 aliphatic heterocycles. The zero-order chi connectivity index (χ0) is 8.27. The molecule has 0 saturated heterocycles. The number of hydrogen-bond acceptors (Lipinski definition) is 1. The molecule has 0 spiro atoms. The molecule has 0 aromatic rings. The monoisotopic (exact) mass is 153 g/mol. The first-order valence-corrected chi connectivity index (χ1v) is 4.64. The largest absolute Gasteiger partial charge is 0.327 e. The Morgan fingerprint density at radius 3 is 2.91 bits per heavy atom. The van der Waals surface area contributed by atoms with E-state index >= 15 is 0 Å². The highest BCUT2D eigenvalue weighted by Crippen LogP contribution is 2.33. The van der Waals surface area contributed by atoms with Gasteiger partial charge in [-0.25, -0.2) is 0 Å². The molecule has 1 aliphatic rings. The second-order valence-electron chi connectivity index (χ2n) is 3.67. The van der Waals surface area contributed by atoms with Gasteiger partial charge in [-0.05, 0) is 31.1 Å². The Morgan fingerprint density at radius 2 is 2.27 bits per heavy atom. The molecule has 11 heavy (non-hydrogen) atoms. The van der Waals surface area contributed by atoms with Gasteiger partial charge in [-0.1, -0.05) is 25.5 Å². The standard InChI is InChI=1S/C10H19N/c1-8-4-3-5-10(6-7-11)9(8)2/h6,8-9H,3-5,7,11H2,1-2H3/b10-6+. The van der Waals surface area contributed by atoms with Gasteiger partial charge in [0, 0.05) is 6.54 Å². The zero-order valence-electron chi connectivity index (χ0n) is 7.64. The first kappa shape index (κ1) is 8.79. The zero-order valence-corrected chi connectivity index (χ0v) is 7.64. The molecule has 1 nitrogen and oxygen atoms in total. The lowest BCUT2D eigenvalue weighted by Gasteiger charge is -2.28. The Morgan fingerprint density at radius 1 is 1.55 bits per heavy atom. The van der Waals surface area contributed by atoms with E-state index in [1.165, 1.54) is 19.3 Å². The van der Waals surface area contributed by atoms with Crippen molar-refractivity contribution in [2.24, 2.45) is 17.6 Å². The summed E-state index contributed by atoms with van der Waals surface area (Å²) in [4.78, 5) is 0. The van der Waals surface area contributed by atoms with E-state index in [0.29, 0.717) is 6.54 Å². The van der Waals surface area contributed by atoms with Crippen LogP contribution in [0.15, 0.2) is 11.6 Å². The smallest absolute Gasteiger partial charge is 0.0109 e. The molecule has 2 unspecified atom stereocenters. The van der Waals surface area contributed by atoms with Crippen molar-refractivity contribution in [1.29, 1.82) is 0 Å². The minimum absolute atomic E-state index is 0.715. The molecular weight excluding hydrogens is 134 g/mol. The Balaban J connectivity index is 2.58. The van der Waals surface area contributed by atoms with Gasteiger partial charge < -0.3 is 5.73 Å².